The van der Waals surface area contributed by atoms with Crippen molar-refractivity contribution in [2.75, 3.05) is 12.3 Å². The summed E-state index contributed by atoms with van der Waals surface area (Å²) in [6.07, 6.45) is 8.02. The Bertz CT molecular complexity index is 1200. The predicted molar refractivity (Wildman–Crippen MR) is 124 cm³/mol. The van der Waals surface area contributed by atoms with E-state index in [-0.39, 0.29) is 17.1 Å². The molecule has 0 saturated carbocycles. The number of halogens is 1. The summed E-state index contributed by atoms with van der Waals surface area (Å²) in [5, 5.41) is 20.6. The maximum Gasteiger partial charge on any atom is 0.230 e. The number of benzene rings is 1. The Hall–Kier alpha value is -2.58. The maximum atomic E-state index is 12.4. The highest BCUT2D eigenvalue weighted by molar-refractivity contribution is 7.99. The van der Waals surface area contributed by atoms with Crippen LogP contribution in [0.5, 0.6) is 0 Å². The number of amides is 1. The molecule has 0 unspecified atom stereocenters. The monoisotopic (exact) mass is 456 g/mol. The number of allylic oxidation sites excluding steroid dienone is 1. The lowest BCUT2D eigenvalue weighted by molar-refractivity contribution is -0.118. The number of fused-ring (bicyclic) bond motifs is 1. The Kier molecular flexibility index (Phi) is 6.77. The highest BCUT2D eigenvalue weighted by Gasteiger charge is 2.16. The molecule has 1 amide bonds. The molecule has 2 aromatic heterocycles. The van der Waals surface area contributed by atoms with Gasteiger partial charge in [-0.05, 0) is 57.2 Å². The Balaban J connectivity index is 1.52. The van der Waals surface area contributed by atoms with Crippen molar-refractivity contribution in [1.29, 1.82) is 5.41 Å². The number of nitrogens with zero attached hydrogens (tertiary/aromatic N) is 3. The lowest BCUT2D eigenvalue weighted by Crippen LogP contribution is -2.27. The second kappa shape index (κ2) is 9.70. The van der Waals surface area contributed by atoms with Gasteiger partial charge in [0, 0.05) is 17.3 Å². The van der Waals surface area contributed by atoms with Gasteiger partial charge < -0.3 is 5.32 Å². The van der Waals surface area contributed by atoms with Crippen LogP contribution in [-0.4, -0.2) is 38.0 Å². The normalized spacial score (nSPS) is 13.9. The Morgan fingerprint density at radius 3 is 3.03 bits per heavy atom. The smallest absolute Gasteiger partial charge is 0.230 e. The number of rotatable bonds is 7. The SMILES string of the molecule is Cc1[nH]nc2nc(SCC(=O)NCCC3=CCCCC3)n(-c3cccc(Cl)c3)c(=N)c12. The second-order valence-corrected chi connectivity index (χ2v) is 8.98. The summed E-state index contributed by atoms with van der Waals surface area (Å²) in [4.78, 5) is 17.1. The minimum atomic E-state index is -0.0503. The van der Waals surface area contributed by atoms with Gasteiger partial charge in [-0.25, -0.2) is 4.98 Å². The van der Waals surface area contributed by atoms with E-state index in [2.05, 4.69) is 26.6 Å². The molecule has 162 valence electrons. The molecule has 2 heterocycles. The van der Waals surface area contributed by atoms with Crippen molar-refractivity contribution >= 4 is 40.3 Å². The molecular weight excluding hydrogens is 432 g/mol. The van der Waals surface area contributed by atoms with Crippen molar-refractivity contribution in [3.8, 4) is 5.69 Å². The highest BCUT2D eigenvalue weighted by atomic mass is 35.5. The predicted octanol–water partition coefficient (Wildman–Crippen LogP) is 4.29. The number of aromatic amines is 1. The van der Waals surface area contributed by atoms with Gasteiger partial charge in [-0.3, -0.25) is 19.9 Å². The molecule has 31 heavy (non-hydrogen) atoms. The molecule has 0 aliphatic heterocycles. The molecule has 4 rings (SSSR count). The number of H-pyrrole nitrogens is 1. The quantitative estimate of drug-likeness (QED) is 0.280. The summed E-state index contributed by atoms with van der Waals surface area (Å²) in [6.45, 7) is 2.51. The highest BCUT2D eigenvalue weighted by Crippen LogP contribution is 2.23. The number of thioether (sulfide) groups is 1. The molecule has 1 aromatic carbocycles. The summed E-state index contributed by atoms with van der Waals surface area (Å²) in [6, 6.07) is 7.27. The molecule has 0 radical (unpaired) electrons. The van der Waals surface area contributed by atoms with Crippen LogP contribution in [0.4, 0.5) is 0 Å². The summed E-state index contributed by atoms with van der Waals surface area (Å²) < 4.78 is 1.71. The van der Waals surface area contributed by atoms with Gasteiger partial charge in [0.1, 0.15) is 5.49 Å². The first-order valence-corrected chi connectivity index (χ1v) is 11.7. The van der Waals surface area contributed by atoms with Crippen molar-refractivity contribution in [2.45, 2.75) is 44.2 Å². The number of hydrogen-bond donors (Lipinski definition) is 3. The zero-order valence-electron chi connectivity index (χ0n) is 17.4. The van der Waals surface area contributed by atoms with Crippen LogP contribution < -0.4 is 10.8 Å². The standard InChI is InChI=1S/C22H25ClN6OS/c1-14-19-20(24)29(17-9-5-8-16(23)12-17)22(26-21(19)28-27-14)31-13-18(30)25-11-10-15-6-3-2-4-7-15/h5-6,8-9,12,24H,2-4,7,10-11,13H2,1H3,(H,25,30)(H,27,28). The van der Waals surface area contributed by atoms with Crippen LogP contribution in [0.25, 0.3) is 16.7 Å². The largest absolute Gasteiger partial charge is 0.355 e. The number of hydrogen-bond acceptors (Lipinski definition) is 5. The van der Waals surface area contributed by atoms with E-state index in [9.17, 15) is 4.79 Å². The summed E-state index contributed by atoms with van der Waals surface area (Å²) in [5.74, 6) is 0.159. The van der Waals surface area contributed by atoms with Gasteiger partial charge in [-0.15, -0.1) is 0 Å². The molecule has 9 heteroatoms. The fourth-order valence-electron chi connectivity index (χ4n) is 3.76. The van der Waals surface area contributed by atoms with Crippen molar-refractivity contribution in [1.82, 2.24) is 25.1 Å². The fraction of sp³-hybridized carbons (Fsp3) is 0.364. The van der Waals surface area contributed by atoms with Crippen LogP contribution in [0.15, 0.2) is 41.1 Å². The van der Waals surface area contributed by atoms with Crippen LogP contribution in [0, 0.1) is 12.3 Å². The first-order chi connectivity index (χ1) is 15.0. The Labute approximate surface area is 189 Å². The van der Waals surface area contributed by atoms with E-state index in [1.807, 2.05) is 19.1 Å². The summed E-state index contributed by atoms with van der Waals surface area (Å²) >= 11 is 7.48. The van der Waals surface area contributed by atoms with Crippen LogP contribution in [-0.2, 0) is 4.79 Å². The van der Waals surface area contributed by atoms with E-state index in [1.165, 1.54) is 30.2 Å². The van der Waals surface area contributed by atoms with E-state index < -0.39 is 0 Å². The lowest BCUT2D eigenvalue weighted by atomic mass is 9.97. The summed E-state index contributed by atoms with van der Waals surface area (Å²) in [7, 11) is 0. The van der Waals surface area contributed by atoms with Gasteiger partial charge in [-0.2, -0.15) is 5.10 Å². The van der Waals surface area contributed by atoms with Crippen LogP contribution in [0.1, 0.15) is 37.8 Å². The number of aromatic nitrogens is 4. The third kappa shape index (κ3) is 5.02. The second-order valence-electron chi connectivity index (χ2n) is 7.60. The van der Waals surface area contributed by atoms with Gasteiger partial charge in [0.15, 0.2) is 10.8 Å². The third-order valence-electron chi connectivity index (χ3n) is 5.33. The minimum Gasteiger partial charge on any atom is -0.355 e. The third-order valence-corrected chi connectivity index (χ3v) is 6.51. The molecule has 0 fully saturated rings. The van der Waals surface area contributed by atoms with E-state index in [4.69, 9.17) is 17.0 Å². The van der Waals surface area contributed by atoms with Crippen LogP contribution in [0.2, 0.25) is 5.02 Å². The Morgan fingerprint density at radius 1 is 1.39 bits per heavy atom. The molecule has 7 nitrogen and oxygen atoms in total. The maximum absolute atomic E-state index is 12.4. The van der Waals surface area contributed by atoms with Gasteiger partial charge in [0.25, 0.3) is 0 Å². The van der Waals surface area contributed by atoms with Gasteiger partial charge in [-0.1, -0.05) is 41.1 Å². The van der Waals surface area contributed by atoms with E-state index >= 15 is 0 Å². The van der Waals surface area contributed by atoms with E-state index in [0.717, 1.165) is 30.6 Å². The van der Waals surface area contributed by atoms with Gasteiger partial charge in [0.05, 0.1) is 16.8 Å². The molecule has 0 atom stereocenters. The van der Waals surface area contributed by atoms with Gasteiger partial charge in [0.2, 0.25) is 5.91 Å². The average Bonchev–Trinajstić information content (AvgIpc) is 3.14. The number of carbonyl (C=O) groups is 1. The first-order valence-electron chi connectivity index (χ1n) is 10.4. The number of nitrogens with one attached hydrogen (secondary N) is 3. The van der Waals surface area contributed by atoms with Crippen LogP contribution in [0.3, 0.4) is 0 Å². The Morgan fingerprint density at radius 2 is 2.26 bits per heavy atom. The molecular formula is C22H25ClN6OS. The average molecular weight is 457 g/mol. The first kappa shape index (κ1) is 21.6. The van der Waals surface area contributed by atoms with Crippen molar-refractivity contribution in [3.05, 3.63) is 52.1 Å². The van der Waals surface area contributed by atoms with Crippen molar-refractivity contribution < 1.29 is 4.79 Å². The van der Waals surface area contributed by atoms with Crippen molar-refractivity contribution in [2.24, 2.45) is 0 Å². The minimum absolute atomic E-state index is 0.0503. The van der Waals surface area contributed by atoms with Crippen molar-refractivity contribution in [3.63, 3.8) is 0 Å². The lowest BCUT2D eigenvalue weighted by Gasteiger charge is -2.14. The molecule has 1 aliphatic carbocycles. The molecule has 3 N–H and O–H groups in total. The van der Waals surface area contributed by atoms with E-state index in [1.54, 1.807) is 16.7 Å². The fourth-order valence-corrected chi connectivity index (χ4v) is 4.78. The number of aryl methyl sites for hydroxylation is 1. The molecule has 0 saturated heterocycles. The zero-order valence-corrected chi connectivity index (χ0v) is 18.9. The van der Waals surface area contributed by atoms with E-state index in [0.29, 0.717) is 27.8 Å². The molecule has 3 aromatic rings. The molecule has 1 aliphatic rings. The topological polar surface area (TPSA) is 99.4 Å². The van der Waals surface area contributed by atoms with Gasteiger partial charge >= 0.3 is 0 Å². The van der Waals surface area contributed by atoms with Crippen LogP contribution >= 0.6 is 23.4 Å². The summed E-state index contributed by atoms with van der Waals surface area (Å²) in [5.41, 5.74) is 3.66. The molecule has 0 bridgehead atoms. The number of carbonyl (C=O) groups excluding carboxylic acids is 1. The zero-order chi connectivity index (χ0) is 21.8. The molecule has 0 spiro atoms.